The van der Waals surface area contributed by atoms with Crippen LogP contribution in [0, 0.1) is 12.7 Å². The molecular formula is C19H18ClF4NO3. The number of aromatic hydroxyl groups is 1. The van der Waals surface area contributed by atoms with Crippen molar-refractivity contribution in [3.63, 3.8) is 0 Å². The molecule has 0 heterocycles. The van der Waals surface area contributed by atoms with Crippen LogP contribution in [0.1, 0.15) is 36.1 Å². The van der Waals surface area contributed by atoms with Gasteiger partial charge in [0.05, 0.1) is 18.6 Å². The van der Waals surface area contributed by atoms with Gasteiger partial charge in [0.15, 0.2) is 0 Å². The lowest BCUT2D eigenvalue weighted by Crippen LogP contribution is -2.20. The van der Waals surface area contributed by atoms with Gasteiger partial charge >= 0.3 is 12.1 Å². The van der Waals surface area contributed by atoms with Gasteiger partial charge in [0.1, 0.15) is 11.6 Å². The lowest BCUT2D eigenvalue weighted by atomic mass is 9.92. The maximum atomic E-state index is 14.6. The molecule has 4 nitrogen and oxygen atoms in total. The Morgan fingerprint density at radius 1 is 1.29 bits per heavy atom. The molecule has 0 amide bonds. The van der Waals surface area contributed by atoms with E-state index in [4.69, 9.17) is 22.1 Å². The number of benzene rings is 2. The third-order valence-electron chi connectivity index (χ3n) is 4.07. The summed E-state index contributed by atoms with van der Waals surface area (Å²) in [5.41, 5.74) is 4.08. The number of carbonyl (C=O) groups excluding carboxylic acids is 1. The number of phenols is 1. The van der Waals surface area contributed by atoms with Gasteiger partial charge in [-0.15, -0.1) is 0 Å². The number of ether oxygens (including phenoxy) is 1. The molecule has 0 saturated heterocycles. The van der Waals surface area contributed by atoms with Gasteiger partial charge < -0.3 is 15.6 Å². The average Bonchev–Trinajstić information content (AvgIpc) is 2.54. The number of halogens is 5. The molecule has 0 radical (unpaired) electrons. The summed E-state index contributed by atoms with van der Waals surface area (Å²) < 4.78 is 59.4. The van der Waals surface area contributed by atoms with E-state index in [1.807, 2.05) is 0 Å². The van der Waals surface area contributed by atoms with Crippen molar-refractivity contribution in [3.8, 4) is 16.9 Å². The van der Waals surface area contributed by atoms with E-state index in [0.717, 1.165) is 6.07 Å². The Bertz CT molecular complexity index is 876. The van der Waals surface area contributed by atoms with Gasteiger partial charge in [-0.3, -0.25) is 4.79 Å². The molecule has 2 rings (SSSR count). The van der Waals surface area contributed by atoms with Gasteiger partial charge in [-0.25, -0.2) is 4.39 Å². The monoisotopic (exact) mass is 419 g/mol. The Balaban J connectivity index is 2.67. The minimum absolute atomic E-state index is 0.0551. The van der Waals surface area contributed by atoms with Gasteiger partial charge in [-0.1, -0.05) is 11.6 Å². The molecule has 9 heteroatoms. The van der Waals surface area contributed by atoms with E-state index < -0.39 is 41.6 Å². The molecule has 3 N–H and O–H groups in total. The van der Waals surface area contributed by atoms with Crippen LogP contribution in [0.3, 0.4) is 0 Å². The summed E-state index contributed by atoms with van der Waals surface area (Å²) in [6.45, 7) is 3.15. The Kier molecular flexibility index (Phi) is 6.56. The Morgan fingerprint density at radius 2 is 1.93 bits per heavy atom. The Labute approximate surface area is 163 Å². The molecule has 1 atom stereocenters. The van der Waals surface area contributed by atoms with Crippen LogP contribution in [-0.2, 0) is 15.7 Å². The first-order chi connectivity index (χ1) is 13.0. The van der Waals surface area contributed by atoms with Gasteiger partial charge in [0.2, 0.25) is 0 Å². The number of aryl methyl sites for hydroxylation is 1. The summed E-state index contributed by atoms with van der Waals surface area (Å²) in [5.74, 6) is -2.70. The van der Waals surface area contributed by atoms with Crippen LogP contribution >= 0.6 is 11.6 Å². The molecule has 0 bridgehead atoms. The second kappa shape index (κ2) is 8.36. The van der Waals surface area contributed by atoms with Gasteiger partial charge in [0.25, 0.3) is 0 Å². The molecule has 0 aliphatic heterocycles. The van der Waals surface area contributed by atoms with E-state index in [1.165, 1.54) is 19.1 Å². The summed E-state index contributed by atoms with van der Waals surface area (Å²) in [7, 11) is 0. The largest absolute Gasteiger partial charge is 0.507 e. The number of esters is 1. The predicted octanol–water partition coefficient (Wildman–Crippen LogP) is 5.13. The van der Waals surface area contributed by atoms with Crippen molar-refractivity contribution in [3.05, 3.63) is 51.8 Å². The summed E-state index contributed by atoms with van der Waals surface area (Å²) >= 11 is 5.84. The molecule has 2 aromatic carbocycles. The second-order valence-corrected chi connectivity index (χ2v) is 6.59. The van der Waals surface area contributed by atoms with Crippen molar-refractivity contribution in [2.75, 3.05) is 6.61 Å². The highest BCUT2D eigenvalue weighted by atomic mass is 35.5. The molecule has 0 spiro atoms. The third-order valence-corrected chi connectivity index (χ3v) is 4.28. The molecule has 0 aliphatic rings. The zero-order valence-corrected chi connectivity index (χ0v) is 15.8. The van der Waals surface area contributed by atoms with Crippen LogP contribution in [0.5, 0.6) is 5.75 Å². The van der Waals surface area contributed by atoms with Crippen molar-refractivity contribution < 1.29 is 32.2 Å². The molecule has 2 aromatic rings. The van der Waals surface area contributed by atoms with Crippen molar-refractivity contribution in [2.24, 2.45) is 5.73 Å². The number of hydrogen-bond donors (Lipinski definition) is 2. The quantitative estimate of drug-likeness (QED) is 0.520. The lowest BCUT2D eigenvalue weighted by Gasteiger charge is -2.19. The fourth-order valence-electron chi connectivity index (χ4n) is 2.88. The van der Waals surface area contributed by atoms with Crippen LogP contribution in [0.25, 0.3) is 11.1 Å². The smallest absolute Gasteiger partial charge is 0.419 e. The standard InChI is InChI=1S/C19H18ClF4NO3/c1-3-28-16(27)8-14(25)12-5-10(6-13(18(12)21)19(22,23)24)17-9(2)4-11(20)7-15(17)26/h4-7,14,26H,3,8,25H2,1-2H3/t14-/m0/s1. The molecule has 0 aromatic heterocycles. The maximum Gasteiger partial charge on any atom is 0.419 e. The number of alkyl halides is 3. The summed E-state index contributed by atoms with van der Waals surface area (Å²) in [4.78, 5) is 11.6. The van der Waals surface area contributed by atoms with Crippen LogP contribution < -0.4 is 5.73 Å². The minimum atomic E-state index is -5.01. The second-order valence-electron chi connectivity index (χ2n) is 6.16. The van der Waals surface area contributed by atoms with E-state index in [9.17, 15) is 27.5 Å². The van der Waals surface area contributed by atoms with E-state index in [2.05, 4.69) is 0 Å². The molecule has 0 unspecified atom stereocenters. The molecule has 28 heavy (non-hydrogen) atoms. The van der Waals surface area contributed by atoms with E-state index in [-0.39, 0.29) is 28.5 Å². The van der Waals surface area contributed by atoms with Crippen molar-refractivity contribution in [2.45, 2.75) is 32.5 Å². The number of hydrogen-bond acceptors (Lipinski definition) is 4. The molecule has 0 saturated carbocycles. The van der Waals surface area contributed by atoms with Crippen LogP contribution in [0.2, 0.25) is 5.02 Å². The summed E-state index contributed by atoms with van der Waals surface area (Å²) in [5, 5.41) is 10.4. The Hall–Kier alpha value is -2.32. The highest BCUT2D eigenvalue weighted by Gasteiger charge is 2.37. The summed E-state index contributed by atoms with van der Waals surface area (Å²) in [6.07, 6.45) is -5.51. The maximum absolute atomic E-state index is 14.6. The third kappa shape index (κ3) is 4.74. The van der Waals surface area contributed by atoms with Crippen molar-refractivity contribution in [1.82, 2.24) is 0 Å². The predicted molar refractivity (Wildman–Crippen MR) is 96.4 cm³/mol. The van der Waals surface area contributed by atoms with Gasteiger partial charge in [-0.05, 0) is 49.2 Å². The SMILES string of the molecule is CCOC(=O)C[C@H](N)c1cc(-c2c(C)cc(Cl)cc2O)cc(C(F)(F)F)c1F. The highest BCUT2D eigenvalue weighted by Crippen LogP contribution is 2.41. The molecule has 0 aliphatic carbocycles. The van der Waals surface area contributed by atoms with Crippen LogP contribution in [0.15, 0.2) is 24.3 Å². The Morgan fingerprint density at radius 3 is 2.46 bits per heavy atom. The highest BCUT2D eigenvalue weighted by molar-refractivity contribution is 6.31. The number of rotatable bonds is 5. The zero-order chi connectivity index (χ0) is 21.2. The average molecular weight is 420 g/mol. The van der Waals surface area contributed by atoms with E-state index in [1.54, 1.807) is 6.92 Å². The van der Waals surface area contributed by atoms with Gasteiger partial charge in [-0.2, -0.15) is 13.2 Å². The van der Waals surface area contributed by atoms with Crippen LogP contribution in [0.4, 0.5) is 17.6 Å². The fraction of sp³-hybridized carbons (Fsp3) is 0.316. The molecule has 0 fully saturated rings. The van der Waals surface area contributed by atoms with Crippen LogP contribution in [-0.4, -0.2) is 17.7 Å². The number of nitrogens with two attached hydrogens (primary N) is 1. The van der Waals surface area contributed by atoms with E-state index in [0.29, 0.717) is 11.6 Å². The first-order valence-corrected chi connectivity index (χ1v) is 8.64. The lowest BCUT2D eigenvalue weighted by molar-refractivity contribution is -0.143. The first-order valence-electron chi connectivity index (χ1n) is 8.27. The number of carbonyl (C=O) groups is 1. The topological polar surface area (TPSA) is 72.5 Å². The normalized spacial score (nSPS) is 12.7. The molecular weight excluding hydrogens is 402 g/mol. The van der Waals surface area contributed by atoms with Crippen molar-refractivity contribution >= 4 is 17.6 Å². The van der Waals surface area contributed by atoms with Gasteiger partial charge in [0, 0.05) is 22.2 Å². The number of phenolic OH excluding ortho intramolecular Hbond substituents is 1. The van der Waals surface area contributed by atoms with E-state index >= 15 is 0 Å². The fourth-order valence-corrected chi connectivity index (χ4v) is 3.14. The zero-order valence-electron chi connectivity index (χ0n) is 15.0. The molecule has 152 valence electrons. The van der Waals surface area contributed by atoms with Crippen molar-refractivity contribution in [1.29, 1.82) is 0 Å². The minimum Gasteiger partial charge on any atom is -0.507 e. The first kappa shape index (κ1) is 22.0. The summed E-state index contributed by atoms with van der Waals surface area (Å²) in [6, 6.07) is 2.93.